The molecule has 2 rings (SSSR count). The van der Waals surface area contributed by atoms with Gasteiger partial charge in [0.1, 0.15) is 0 Å². The first-order valence-corrected chi connectivity index (χ1v) is 6.96. The zero-order valence-corrected chi connectivity index (χ0v) is 13.4. The summed E-state index contributed by atoms with van der Waals surface area (Å²) < 4.78 is 3.72. The van der Waals surface area contributed by atoms with Gasteiger partial charge >= 0.3 is 5.95 Å². The number of nitrogens with two attached hydrogens (primary N) is 2. The van der Waals surface area contributed by atoms with Crippen molar-refractivity contribution >= 4 is 17.3 Å². The van der Waals surface area contributed by atoms with E-state index in [1.54, 1.807) is 0 Å². The van der Waals surface area contributed by atoms with Crippen LogP contribution in [0, 0.1) is 6.92 Å². The topological polar surface area (TPSA) is 84.9 Å². The number of aryl methyl sites for hydroxylation is 3. The Kier molecular flexibility index (Phi) is 6.55. The highest BCUT2D eigenvalue weighted by molar-refractivity contribution is 5.56. The Bertz CT molecular complexity index is 542. The maximum Gasteiger partial charge on any atom is 0.354 e. The molecule has 0 amide bonds. The van der Waals surface area contributed by atoms with Gasteiger partial charge in [-0.1, -0.05) is 0 Å². The average molecular weight is 291 g/mol. The van der Waals surface area contributed by atoms with E-state index in [4.69, 9.17) is 11.5 Å². The molecule has 0 fully saturated rings. The first-order chi connectivity index (χ1) is 9.95. The van der Waals surface area contributed by atoms with Gasteiger partial charge in [-0.25, -0.2) is 9.13 Å². The molecule has 1 aromatic heterocycles. The number of rotatable bonds is 4. The molecule has 0 atom stereocenters. The Morgan fingerprint density at radius 1 is 1.24 bits per heavy atom. The number of benzene rings is 1. The third kappa shape index (κ3) is 5.35. The van der Waals surface area contributed by atoms with Gasteiger partial charge in [0.15, 0.2) is 0 Å². The van der Waals surface area contributed by atoms with E-state index in [0.717, 1.165) is 36.0 Å². The average Bonchev–Trinajstić information content (AvgIpc) is 2.75. The second-order valence-electron chi connectivity index (χ2n) is 4.98. The maximum absolute atomic E-state index is 5.70. The molecule has 21 heavy (non-hydrogen) atoms. The molecule has 6 heteroatoms. The van der Waals surface area contributed by atoms with Gasteiger partial charge in [-0.15, -0.1) is 0 Å². The van der Waals surface area contributed by atoms with Crippen molar-refractivity contribution in [2.75, 3.05) is 36.9 Å². The van der Waals surface area contributed by atoms with Crippen molar-refractivity contribution in [3.8, 4) is 0 Å². The van der Waals surface area contributed by atoms with Gasteiger partial charge in [-0.05, 0) is 37.7 Å². The Balaban J connectivity index is 0.000000235. The van der Waals surface area contributed by atoms with E-state index in [0.29, 0.717) is 0 Å². The molecule has 0 radical (unpaired) electrons. The molecule has 0 saturated heterocycles. The monoisotopic (exact) mass is 291 g/mol. The third-order valence-electron chi connectivity index (χ3n) is 3.21. The van der Waals surface area contributed by atoms with Gasteiger partial charge in [0.05, 0.1) is 26.5 Å². The number of likely N-dealkylation sites (N-methyl/N-ethyl adjacent to an activating group) is 1. The highest BCUT2D eigenvalue weighted by atomic mass is 15.2. The minimum atomic E-state index is 0.769. The summed E-state index contributed by atoms with van der Waals surface area (Å²) in [5.41, 5.74) is 14.3. The number of imidazole rings is 1. The van der Waals surface area contributed by atoms with Crippen molar-refractivity contribution in [1.29, 1.82) is 0 Å². The van der Waals surface area contributed by atoms with Crippen LogP contribution in [0.1, 0.15) is 5.56 Å². The minimum absolute atomic E-state index is 0.769. The van der Waals surface area contributed by atoms with Crippen LogP contribution < -0.4 is 26.7 Å². The van der Waals surface area contributed by atoms with Crippen molar-refractivity contribution in [3.05, 3.63) is 36.2 Å². The van der Waals surface area contributed by atoms with Gasteiger partial charge in [-0.2, -0.15) is 0 Å². The van der Waals surface area contributed by atoms with Crippen molar-refractivity contribution in [3.63, 3.8) is 0 Å². The zero-order chi connectivity index (χ0) is 15.8. The van der Waals surface area contributed by atoms with E-state index >= 15 is 0 Å². The van der Waals surface area contributed by atoms with E-state index in [1.165, 1.54) is 0 Å². The summed E-state index contributed by atoms with van der Waals surface area (Å²) in [6.07, 6.45) is 3.82. The molecule has 0 unspecified atom stereocenters. The Hall–Kier alpha value is -2.21. The summed E-state index contributed by atoms with van der Waals surface area (Å²) in [5, 5.41) is 6.37. The molecule has 116 valence electrons. The minimum Gasteiger partial charge on any atom is -0.399 e. The molecule has 0 spiro atoms. The van der Waals surface area contributed by atoms with Crippen LogP contribution in [0.15, 0.2) is 30.6 Å². The van der Waals surface area contributed by atoms with E-state index in [2.05, 4.69) is 16.7 Å². The molecule has 6 nitrogen and oxygen atoms in total. The summed E-state index contributed by atoms with van der Waals surface area (Å²) in [5.74, 6) is 0.769. The van der Waals surface area contributed by atoms with E-state index in [1.807, 2.05) is 61.7 Å². The first-order valence-electron chi connectivity index (χ1n) is 6.96. The lowest BCUT2D eigenvalue weighted by Gasteiger charge is -2.07. The fourth-order valence-corrected chi connectivity index (χ4v) is 1.72. The SMILES string of the molecule is CNCCNc1ccc(N)c(C)c1.Cn1cc[n+](C)c1N. The number of hydrogen-bond donors (Lipinski definition) is 4. The Labute approximate surface area is 126 Å². The summed E-state index contributed by atoms with van der Waals surface area (Å²) in [4.78, 5) is 0. The molecule has 0 aliphatic rings. The number of anilines is 3. The van der Waals surface area contributed by atoms with Crippen molar-refractivity contribution in [1.82, 2.24) is 9.88 Å². The summed E-state index contributed by atoms with van der Waals surface area (Å²) in [6, 6.07) is 5.99. The lowest BCUT2D eigenvalue weighted by Crippen LogP contribution is -2.29. The summed E-state index contributed by atoms with van der Waals surface area (Å²) in [6.45, 7) is 3.90. The summed E-state index contributed by atoms with van der Waals surface area (Å²) in [7, 11) is 5.76. The van der Waals surface area contributed by atoms with Gasteiger partial charge in [0.25, 0.3) is 0 Å². The van der Waals surface area contributed by atoms with Crippen molar-refractivity contribution in [2.45, 2.75) is 6.92 Å². The van der Waals surface area contributed by atoms with Crippen LogP contribution in [0.5, 0.6) is 0 Å². The first kappa shape index (κ1) is 16.8. The molecule has 1 heterocycles. The normalized spacial score (nSPS) is 9.90. The highest BCUT2D eigenvalue weighted by Crippen LogP contribution is 2.15. The number of hydrogen-bond acceptors (Lipinski definition) is 4. The number of aromatic nitrogens is 2. The van der Waals surface area contributed by atoms with E-state index < -0.39 is 0 Å². The molecule has 0 saturated carbocycles. The van der Waals surface area contributed by atoms with Crippen LogP contribution in [0.3, 0.4) is 0 Å². The molecule has 0 bridgehead atoms. The van der Waals surface area contributed by atoms with Crippen molar-refractivity contribution < 1.29 is 4.57 Å². The van der Waals surface area contributed by atoms with Gasteiger partial charge in [-0.3, -0.25) is 5.73 Å². The zero-order valence-electron chi connectivity index (χ0n) is 13.4. The second kappa shape index (κ2) is 8.16. The summed E-state index contributed by atoms with van der Waals surface area (Å²) >= 11 is 0. The molecule has 0 aliphatic carbocycles. The van der Waals surface area contributed by atoms with E-state index in [9.17, 15) is 0 Å². The quantitative estimate of drug-likeness (QED) is 0.378. The Morgan fingerprint density at radius 3 is 2.38 bits per heavy atom. The van der Waals surface area contributed by atoms with Gasteiger partial charge in [0, 0.05) is 24.5 Å². The number of nitrogens with one attached hydrogen (secondary N) is 2. The van der Waals surface area contributed by atoms with Gasteiger partial charge < -0.3 is 16.4 Å². The van der Waals surface area contributed by atoms with Crippen LogP contribution in [-0.4, -0.2) is 24.7 Å². The molecular weight excluding hydrogens is 264 g/mol. The number of nitrogen functional groups attached to an aromatic ring is 2. The molecule has 0 aliphatic heterocycles. The van der Waals surface area contributed by atoms with Crippen LogP contribution in [-0.2, 0) is 14.1 Å². The number of nitrogens with zero attached hydrogens (tertiary/aromatic N) is 2. The fraction of sp³-hybridized carbons (Fsp3) is 0.400. The smallest absolute Gasteiger partial charge is 0.354 e. The standard InChI is InChI=1S/C10H17N3.C5H9N3/c1-8-7-9(3-4-10(8)11)13-6-5-12-2;1-7-3-4-8(2)5(7)6/h3-4,7,12-13H,5-6,11H2,1-2H3;3-4,6H,1-2H3/p+1. The van der Waals surface area contributed by atoms with E-state index in [-0.39, 0.29) is 0 Å². The fourth-order valence-electron chi connectivity index (χ4n) is 1.72. The molecular formula is C15H27N6+. The van der Waals surface area contributed by atoms with Gasteiger partial charge in [0.2, 0.25) is 0 Å². The highest BCUT2D eigenvalue weighted by Gasteiger charge is 2.00. The van der Waals surface area contributed by atoms with Crippen LogP contribution in [0.25, 0.3) is 0 Å². The van der Waals surface area contributed by atoms with Crippen LogP contribution in [0.2, 0.25) is 0 Å². The Morgan fingerprint density at radius 2 is 1.95 bits per heavy atom. The second-order valence-corrected chi connectivity index (χ2v) is 4.98. The van der Waals surface area contributed by atoms with Crippen molar-refractivity contribution in [2.24, 2.45) is 14.1 Å². The molecule has 2 aromatic rings. The lowest BCUT2D eigenvalue weighted by molar-refractivity contribution is -0.655. The predicted molar refractivity (Wildman–Crippen MR) is 89.0 cm³/mol. The third-order valence-corrected chi connectivity index (χ3v) is 3.21. The largest absolute Gasteiger partial charge is 0.399 e. The molecule has 1 aromatic carbocycles. The predicted octanol–water partition coefficient (Wildman–Crippen LogP) is 0.640. The molecule has 6 N–H and O–H groups in total. The van der Waals surface area contributed by atoms with Crippen LogP contribution >= 0.6 is 0 Å². The maximum atomic E-state index is 5.70. The van der Waals surface area contributed by atoms with Crippen LogP contribution in [0.4, 0.5) is 17.3 Å². The lowest BCUT2D eigenvalue weighted by atomic mass is 10.2.